The van der Waals surface area contributed by atoms with Gasteiger partial charge >= 0.3 is 0 Å². The third kappa shape index (κ3) is 2.47. The number of rotatable bonds is 3. The number of carbonyl (C=O) groups excluding carboxylic acids is 1. The summed E-state index contributed by atoms with van der Waals surface area (Å²) in [5, 5.41) is 13.8. The molecule has 1 atom stereocenters. The molecule has 0 bridgehead atoms. The minimum atomic E-state index is -1.33. The molecule has 7 nitrogen and oxygen atoms in total. The summed E-state index contributed by atoms with van der Waals surface area (Å²) >= 11 is 0. The number of nitrogens with one attached hydrogen (secondary N) is 1. The Bertz CT molecular complexity index is 804. The van der Waals surface area contributed by atoms with E-state index in [1.807, 2.05) is 18.2 Å². The van der Waals surface area contributed by atoms with Gasteiger partial charge in [0.25, 0.3) is 11.6 Å². The van der Waals surface area contributed by atoms with Crippen LogP contribution in [0.3, 0.4) is 0 Å². The third-order valence-corrected chi connectivity index (χ3v) is 3.66. The van der Waals surface area contributed by atoms with Crippen LogP contribution in [0.15, 0.2) is 53.5 Å². The average Bonchev–Trinajstić information content (AvgIpc) is 2.71. The molecule has 1 aliphatic rings. The number of anilines is 1. The maximum Gasteiger partial charge on any atom is 0.270 e. The van der Waals surface area contributed by atoms with E-state index in [2.05, 4.69) is 10.3 Å². The van der Waals surface area contributed by atoms with E-state index in [-0.39, 0.29) is 5.69 Å². The second-order valence-corrected chi connectivity index (χ2v) is 4.95. The normalized spacial score (nSPS) is 19.6. The highest BCUT2D eigenvalue weighted by molar-refractivity contribution is 6.32. The second kappa shape index (κ2) is 5.62. The molecule has 1 amide bonds. The first-order valence-corrected chi connectivity index (χ1v) is 6.82. The molecule has 3 rings (SSSR count). The molecular weight excluding hydrogens is 298 g/mol. The van der Waals surface area contributed by atoms with Gasteiger partial charge in [0.05, 0.1) is 16.8 Å². The number of nitrogens with zero attached hydrogens (tertiary/aromatic N) is 2. The number of non-ortho nitro benzene ring substituents is 1. The van der Waals surface area contributed by atoms with Crippen molar-refractivity contribution < 1.29 is 14.5 Å². The van der Waals surface area contributed by atoms with E-state index in [1.54, 1.807) is 12.1 Å². The molecule has 1 aliphatic heterocycles. The van der Waals surface area contributed by atoms with E-state index in [0.29, 0.717) is 16.8 Å². The second-order valence-electron chi connectivity index (χ2n) is 4.95. The molecule has 0 spiro atoms. The lowest BCUT2D eigenvalue weighted by Gasteiger charge is -2.29. The molecule has 23 heavy (non-hydrogen) atoms. The van der Waals surface area contributed by atoms with Crippen molar-refractivity contribution in [2.45, 2.75) is 5.72 Å². The van der Waals surface area contributed by atoms with E-state index in [9.17, 15) is 14.9 Å². The molecule has 0 aromatic heterocycles. The minimum Gasteiger partial charge on any atom is -0.349 e. The predicted octanol–water partition coefficient (Wildman–Crippen LogP) is 2.47. The highest BCUT2D eigenvalue weighted by atomic mass is 16.6. The molecule has 1 N–H and O–H groups in total. The minimum absolute atomic E-state index is 0.104. The highest BCUT2D eigenvalue weighted by Gasteiger charge is 2.38. The van der Waals surface area contributed by atoms with Gasteiger partial charge in [-0.25, -0.2) is 4.99 Å². The molecule has 116 valence electrons. The smallest absolute Gasteiger partial charge is 0.270 e. The Balaban J connectivity index is 2.32. The first kappa shape index (κ1) is 14.9. The molecule has 0 radical (unpaired) electrons. The SMILES string of the molecule is COC1(c2ccccc2)N=CC(=O)Nc2ccc([N+](=O)[O-])cc21. The lowest BCUT2D eigenvalue weighted by atomic mass is 9.93. The summed E-state index contributed by atoms with van der Waals surface area (Å²) in [6.45, 7) is 0. The van der Waals surface area contributed by atoms with Crippen molar-refractivity contribution in [2.75, 3.05) is 12.4 Å². The summed E-state index contributed by atoms with van der Waals surface area (Å²) in [6, 6.07) is 13.2. The molecular formula is C16H13N3O4. The highest BCUT2D eigenvalue weighted by Crippen LogP contribution is 2.41. The number of hydrogen-bond donors (Lipinski definition) is 1. The maximum atomic E-state index is 11.8. The summed E-state index contributed by atoms with van der Waals surface area (Å²) in [5.74, 6) is -0.421. The Morgan fingerprint density at radius 2 is 1.96 bits per heavy atom. The number of methoxy groups -OCH3 is 1. The Morgan fingerprint density at radius 1 is 1.22 bits per heavy atom. The van der Waals surface area contributed by atoms with Gasteiger partial charge in [-0.15, -0.1) is 0 Å². The Hall–Kier alpha value is -3.06. The molecule has 1 heterocycles. The third-order valence-electron chi connectivity index (χ3n) is 3.66. The summed E-state index contributed by atoms with van der Waals surface area (Å²) in [5.41, 5.74) is 0.0534. The standard InChI is InChI=1S/C16H13N3O4/c1-23-16(11-5-3-2-4-6-11)13-9-12(19(21)22)7-8-14(13)18-15(20)10-17-16/h2-10H,1H3,(H,18,20). The zero-order valence-corrected chi connectivity index (χ0v) is 12.2. The summed E-state index contributed by atoms with van der Waals surface area (Å²) in [4.78, 5) is 26.7. The fourth-order valence-electron chi connectivity index (χ4n) is 2.59. The number of amides is 1. The molecule has 1 unspecified atom stereocenters. The summed E-state index contributed by atoms with van der Waals surface area (Å²) in [6.07, 6.45) is 1.13. The van der Waals surface area contributed by atoms with Gasteiger partial charge < -0.3 is 10.1 Å². The number of carbonyl (C=O) groups is 1. The van der Waals surface area contributed by atoms with Crippen LogP contribution in [0.25, 0.3) is 0 Å². The van der Waals surface area contributed by atoms with Gasteiger partial charge in [-0.3, -0.25) is 14.9 Å². The van der Waals surface area contributed by atoms with Gasteiger partial charge in [-0.05, 0) is 6.07 Å². The van der Waals surface area contributed by atoms with Crippen molar-refractivity contribution >= 4 is 23.5 Å². The van der Waals surface area contributed by atoms with E-state index in [4.69, 9.17) is 4.74 Å². The van der Waals surface area contributed by atoms with Crippen molar-refractivity contribution in [3.05, 3.63) is 69.8 Å². The van der Waals surface area contributed by atoms with Crippen molar-refractivity contribution in [2.24, 2.45) is 4.99 Å². The quantitative estimate of drug-likeness (QED) is 0.696. The molecule has 2 aromatic carbocycles. The molecule has 0 saturated carbocycles. The van der Waals surface area contributed by atoms with Crippen molar-refractivity contribution in [3.63, 3.8) is 0 Å². The molecule has 2 aromatic rings. The lowest BCUT2D eigenvalue weighted by Crippen LogP contribution is -2.28. The fraction of sp³-hybridized carbons (Fsp3) is 0.125. The Labute approximate surface area is 131 Å². The topological polar surface area (TPSA) is 93.8 Å². The largest absolute Gasteiger partial charge is 0.349 e. The van der Waals surface area contributed by atoms with Gasteiger partial charge in [0.1, 0.15) is 0 Å². The van der Waals surface area contributed by atoms with Crippen molar-refractivity contribution in [1.29, 1.82) is 0 Å². The summed E-state index contributed by atoms with van der Waals surface area (Å²) in [7, 11) is 1.45. The number of benzene rings is 2. The van der Waals surface area contributed by atoms with E-state index in [1.165, 1.54) is 25.3 Å². The van der Waals surface area contributed by atoms with Gasteiger partial charge in [-0.2, -0.15) is 0 Å². The van der Waals surface area contributed by atoms with Gasteiger partial charge in [-0.1, -0.05) is 30.3 Å². The van der Waals surface area contributed by atoms with Crippen LogP contribution >= 0.6 is 0 Å². The molecule has 7 heteroatoms. The number of nitro groups is 1. The zero-order chi connectivity index (χ0) is 16.4. The van der Waals surface area contributed by atoms with E-state index >= 15 is 0 Å². The Kier molecular flexibility index (Phi) is 3.63. The van der Waals surface area contributed by atoms with Crippen LogP contribution in [-0.2, 0) is 15.3 Å². The monoisotopic (exact) mass is 311 g/mol. The molecule has 0 fully saturated rings. The van der Waals surface area contributed by atoms with Crippen molar-refractivity contribution in [1.82, 2.24) is 0 Å². The average molecular weight is 311 g/mol. The number of nitro benzene ring substituents is 1. The van der Waals surface area contributed by atoms with Crippen LogP contribution in [0.5, 0.6) is 0 Å². The Morgan fingerprint density at radius 3 is 2.61 bits per heavy atom. The number of aliphatic imine (C=N–C) groups is 1. The lowest BCUT2D eigenvalue weighted by molar-refractivity contribution is -0.385. The first-order chi connectivity index (χ1) is 11.1. The van der Waals surface area contributed by atoms with E-state index in [0.717, 1.165) is 6.21 Å². The summed E-state index contributed by atoms with van der Waals surface area (Å²) < 4.78 is 5.64. The first-order valence-electron chi connectivity index (χ1n) is 6.82. The number of ether oxygens (including phenoxy) is 1. The molecule has 0 aliphatic carbocycles. The van der Waals surface area contributed by atoms with Gasteiger partial charge in [0.2, 0.25) is 5.72 Å². The zero-order valence-electron chi connectivity index (χ0n) is 12.2. The van der Waals surface area contributed by atoms with Crippen LogP contribution in [0.4, 0.5) is 11.4 Å². The van der Waals surface area contributed by atoms with Crippen LogP contribution < -0.4 is 5.32 Å². The number of hydrogen-bond acceptors (Lipinski definition) is 5. The number of fused-ring (bicyclic) bond motifs is 1. The van der Waals surface area contributed by atoms with Crippen molar-refractivity contribution in [3.8, 4) is 0 Å². The van der Waals surface area contributed by atoms with Crippen LogP contribution in [-0.4, -0.2) is 24.2 Å². The fourth-order valence-corrected chi connectivity index (χ4v) is 2.59. The van der Waals surface area contributed by atoms with Crippen LogP contribution in [0.2, 0.25) is 0 Å². The maximum absolute atomic E-state index is 11.8. The van der Waals surface area contributed by atoms with Gasteiger partial charge in [0, 0.05) is 30.4 Å². The molecule has 0 saturated heterocycles. The van der Waals surface area contributed by atoms with Gasteiger partial charge in [0.15, 0.2) is 0 Å². The predicted molar refractivity (Wildman–Crippen MR) is 84.4 cm³/mol. The van der Waals surface area contributed by atoms with Crippen LogP contribution in [0, 0.1) is 10.1 Å². The van der Waals surface area contributed by atoms with Crippen LogP contribution in [0.1, 0.15) is 11.1 Å². The van der Waals surface area contributed by atoms with E-state index < -0.39 is 16.6 Å².